The van der Waals surface area contributed by atoms with Gasteiger partial charge in [-0.3, -0.25) is 4.90 Å². The largest absolute Gasteiger partial charge is 0.496 e. The first kappa shape index (κ1) is 17.7. The number of rotatable bonds is 5. The molecule has 0 aliphatic carbocycles. The summed E-state index contributed by atoms with van der Waals surface area (Å²) in [7, 11) is 4.37. The van der Waals surface area contributed by atoms with Crippen LogP contribution < -0.4 is 9.47 Å². The molecule has 1 rings (SSSR count). The van der Waals surface area contributed by atoms with Crippen LogP contribution in [0.4, 0.5) is 4.79 Å². The number of hydrogen-bond acceptors (Lipinski definition) is 6. The third-order valence-corrected chi connectivity index (χ3v) is 2.85. The number of pyridine rings is 1. The van der Waals surface area contributed by atoms with E-state index in [2.05, 4.69) is 4.98 Å². The Morgan fingerprint density at radius 1 is 1.32 bits per heavy atom. The maximum atomic E-state index is 12.2. The van der Waals surface area contributed by atoms with Gasteiger partial charge in [-0.1, -0.05) is 0 Å². The molecule has 0 fully saturated rings. The number of ether oxygens (including phenoxy) is 3. The van der Waals surface area contributed by atoms with E-state index in [0.29, 0.717) is 17.6 Å². The Balaban J connectivity index is 3.21. The van der Waals surface area contributed by atoms with Crippen LogP contribution in [0.2, 0.25) is 0 Å². The summed E-state index contributed by atoms with van der Waals surface area (Å²) in [5.41, 5.74) is -0.294. The Kier molecular flexibility index (Phi) is 5.73. The minimum absolute atomic E-state index is 0.215. The van der Waals surface area contributed by atoms with Crippen LogP contribution in [0, 0.1) is 0 Å². The smallest absolute Gasteiger partial charge is 0.410 e. The van der Waals surface area contributed by atoms with E-state index < -0.39 is 17.7 Å². The fourth-order valence-corrected chi connectivity index (χ4v) is 1.85. The van der Waals surface area contributed by atoms with Crippen LogP contribution in [-0.4, -0.2) is 49.1 Å². The lowest BCUT2D eigenvalue weighted by molar-refractivity contribution is -0.112. The molecule has 122 valence electrons. The van der Waals surface area contributed by atoms with Crippen LogP contribution in [0.1, 0.15) is 32.4 Å². The normalized spacial score (nSPS) is 12.3. The lowest BCUT2D eigenvalue weighted by Gasteiger charge is -2.29. The second-order valence-electron chi connectivity index (χ2n) is 5.61. The van der Waals surface area contributed by atoms with Crippen LogP contribution >= 0.6 is 0 Å². The van der Waals surface area contributed by atoms with E-state index in [1.54, 1.807) is 26.8 Å². The third-order valence-electron chi connectivity index (χ3n) is 2.85. The molecule has 0 radical (unpaired) electrons. The van der Waals surface area contributed by atoms with Crippen molar-refractivity contribution in [3.63, 3.8) is 0 Å². The van der Waals surface area contributed by atoms with Crippen molar-refractivity contribution in [1.29, 1.82) is 0 Å². The van der Waals surface area contributed by atoms with Gasteiger partial charge >= 0.3 is 6.09 Å². The molecule has 0 bridgehead atoms. The van der Waals surface area contributed by atoms with Crippen molar-refractivity contribution in [3.05, 3.63) is 17.8 Å². The van der Waals surface area contributed by atoms with Crippen LogP contribution in [0.25, 0.3) is 0 Å². The van der Waals surface area contributed by atoms with Gasteiger partial charge in [-0.2, -0.15) is 0 Å². The van der Waals surface area contributed by atoms with Gasteiger partial charge < -0.3 is 19.0 Å². The molecule has 0 aliphatic heterocycles. The first-order chi connectivity index (χ1) is 10.2. The monoisotopic (exact) mass is 310 g/mol. The van der Waals surface area contributed by atoms with Crippen LogP contribution in [0.5, 0.6) is 11.6 Å². The summed E-state index contributed by atoms with van der Waals surface area (Å²) in [4.78, 5) is 29.0. The molecule has 0 saturated carbocycles. The average Bonchev–Trinajstić information content (AvgIpc) is 2.46. The van der Waals surface area contributed by atoms with Gasteiger partial charge in [0.2, 0.25) is 5.88 Å². The van der Waals surface area contributed by atoms with Crippen molar-refractivity contribution in [2.24, 2.45) is 0 Å². The highest BCUT2D eigenvalue weighted by Crippen LogP contribution is 2.34. The molecule has 1 aromatic heterocycles. The molecular weight excluding hydrogens is 288 g/mol. The first-order valence-corrected chi connectivity index (χ1v) is 6.73. The van der Waals surface area contributed by atoms with E-state index in [1.165, 1.54) is 32.4 Å². The summed E-state index contributed by atoms with van der Waals surface area (Å²) >= 11 is 0. The first-order valence-electron chi connectivity index (χ1n) is 6.73. The highest BCUT2D eigenvalue weighted by atomic mass is 16.6. The van der Waals surface area contributed by atoms with Crippen molar-refractivity contribution in [1.82, 2.24) is 9.88 Å². The maximum absolute atomic E-state index is 12.2. The van der Waals surface area contributed by atoms with Crippen molar-refractivity contribution >= 4 is 12.4 Å². The molecule has 7 heteroatoms. The van der Waals surface area contributed by atoms with E-state index in [-0.39, 0.29) is 5.88 Å². The fourth-order valence-electron chi connectivity index (χ4n) is 1.85. The standard InChI is InChI=1S/C15H22N2O5/c1-15(2,3)22-14(19)17(4)10(9-18)12-11(20-5)7-8-16-13(12)21-6/h7-10H,1-6H3. The lowest BCUT2D eigenvalue weighted by Crippen LogP contribution is -2.37. The van der Waals surface area contributed by atoms with E-state index in [0.717, 1.165) is 0 Å². The van der Waals surface area contributed by atoms with Gasteiger partial charge in [0.15, 0.2) is 0 Å². The van der Waals surface area contributed by atoms with E-state index in [1.807, 2.05) is 0 Å². The average molecular weight is 310 g/mol. The summed E-state index contributed by atoms with van der Waals surface area (Å²) in [6.45, 7) is 5.25. The number of nitrogens with zero attached hydrogens (tertiary/aromatic N) is 2. The molecule has 1 aromatic rings. The third kappa shape index (κ3) is 4.09. The Morgan fingerprint density at radius 3 is 2.41 bits per heavy atom. The highest BCUT2D eigenvalue weighted by Gasteiger charge is 2.31. The lowest BCUT2D eigenvalue weighted by atomic mass is 10.1. The predicted octanol–water partition coefficient (Wildman–Crippen LogP) is 2.21. The van der Waals surface area contributed by atoms with Crippen LogP contribution in [0.15, 0.2) is 12.3 Å². The second kappa shape index (κ2) is 7.11. The summed E-state index contributed by atoms with van der Waals surface area (Å²) in [5, 5.41) is 0. The number of aldehydes is 1. The summed E-state index contributed by atoms with van der Waals surface area (Å²) in [5.74, 6) is 0.617. The van der Waals surface area contributed by atoms with Gasteiger partial charge in [0.25, 0.3) is 0 Å². The fraction of sp³-hybridized carbons (Fsp3) is 0.533. The number of carbonyl (C=O) groups is 2. The zero-order chi connectivity index (χ0) is 16.9. The molecular formula is C15H22N2O5. The Morgan fingerprint density at radius 2 is 1.95 bits per heavy atom. The van der Waals surface area contributed by atoms with Crippen LogP contribution in [-0.2, 0) is 9.53 Å². The number of carbonyl (C=O) groups excluding carboxylic acids is 2. The Hall–Kier alpha value is -2.31. The molecule has 0 N–H and O–H groups in total. The molecule has 1 unspecified atom stereocenters. The molecule has 7 nitrogen and oxygen atoms in total. The van der Waals surface area contributed by atoms with Crippen molar-refractivity contribution in [3.8, 4) is 11.6 Å². The topological polar surface area (TPSA) is 78.0 Å². The molecule has 1 amide bonds. The molecule has 22 heavy (non-hydrogen) atoms. The van der Waals surface area contributed by atoms with Gasteiger partial charge in [-0.15, -0.1) is 0 Å². The molecule has 0 aromatic carbocycles. The van der Waals surface area contributed by atoms with Gasteiger partial charge in [0.05, 0.1) is 19.8 Å². The molecule has 0 saturated heterocycles. The number of hydrogen-bond donors (Lipinski definition) is 0. The zero-order valence-corrected chi connectivity index (χ0v) is 13.7. The van der Waals surface area contributed by atoms with Crippen molar-refractivity contribution < 1.29 is 23.8 Å². The summed E-state index contributed by atoms with van der Waals surface area (Å²) in [6.07, 6.45) is 1.49. The zero-order valence-electron chi connectivity index (χ0n) is 13.7. The van der Waals surface area contributed by atoms with Crippen LogP contribution in [0.3, 0.4) is 0 Å². The molecule has 1 atom stereocenters. The van der Waals surface area contributed by atoms with Crippen molar-refractivity contribution in [2.75, 3.05) is 21.3 Å². The minimum atomic E-state index is -0.937. The van der Waals surface area contributed by atoms with Gasteiger partial charge in [-0.25, -0.2) is 9.78 Å². The Bertz CT molecular complexity index is 517. The summed E-state index contributed by atoms with van der Waals surface area (Å²) in [6, 6.07) is 0.658. The maximum Gasteiger partial charge on any atom is 0.410 e. The summed E-state index contributed by atoms with van der Waals surface area (Å²) < 4.78 is 15.7. The minimum Gasteiger partial charge on any atom is -0.496 e. The second-order valence-corrected chi connectivity index (χ2v) is 5.61. The SMILES string of the molecule is COc1ccnc(OC)c1C(C=O)N(C)C(=O)OC(C)(C)C. The molecule has 0 spiro atoms. The highest BCUT2D eigenvalue weighted by molar-refractivity contribution is 5.76. The Labute approximate surface area is 130 Å². The molecule has 0 aliphatic rings. The van der Waals surface area contributed by atoms with Crippen molar-refractivity contribution in [2.45, 2.75) is 32.4 Å². The van der Waals surface area contributed by atoms with E-state index in [4.69, 9.17) is 14.2 Å². The number of methoxy groups -OCH3 is 2. The van der Waals surface area contributed by atoms with Gasteiger partial charge in [-0.05, 0) is 26.8 Å². The number of amides is 1. The quantitative estimate of drug-likeness (QED) is 0.776. The van der Waals surface area contributed by atoms with Gasteiger partial charge in [0.1, 0.15) is 23.7 Å². The van der Waals surface area contributed by atoms with E-state index >= 15 is 0 Å². The molecule has 1 heterocycles. The number of aromatic nitrogens is 1. The van der Waals surface area contributed by atoms with Gasteiger partial charge in [0, 0.05) is 13.2 Å². The number of likely N-dealkylation sites (N-methyl/N-ethyl adjacent to an activating group) is 1. The predicted molar refractivity (Wildman–Crippen MR) is 80.1 cm³/mol. The van der Waals surface area contributed by atoms with E-state index in [9.17, 15) is 9.59 Å².